The van der Waals surface area contributed by atoms with Crippen LogP contribution in [0.25, 0.3) is 11.0 Å². The molecular weight excluding hydrogens is 299 g/mol. The molecule has 0 bridgehead atoms. The highest BCUT2D eigenvalue weighted by Gasteiger charge is 2.56. The van der Waals surface area contributed by atoms with Gasteiger partial charge in [0.05, 0.1) is 12.0 Å². The smallest absolute Gasteiger partial charge is 0.263 e. The SMILES string of the molecule is Nc1ncnc2c1c(CO)cn2[C@@H]1O[C@](F)(CO)[C@@H](O)[C@H]1O. The number of alkyl halides is 1. The fraction of sp³-hybridized carbons (Fsp3) is 0.500. The molecule has 3 heterocycles. The topological polar surface area (TPSA) is 147 Å². The Morgan fingerprint density at radius 1 is 1.36 bits per heavy atom. The second-order valence-corrected chi connectivity index (χ2v) is 5.07. The van der Waals surface area contributed by atoms with E-state index in [1.165, 1.54) is 17.1 Å². The maximum Gasteiger partial charge on any atom is 0.263 e. The van der Waals surface area contributed by atoms with Gasteiger partial charge in [-0.25, -0.2) is 14.4 Å². The van der Waals surface area contributed by atoms with Crippen LogP contribution in [0.5, 0.6) is 0 Å². The molecule has 120 valence electrons. The lowest BCUT2D eigenvalue weighted by molar-refractivity contribution is -0.206. The Bertz CT molecular complexity index is 710. The van der Waals surface area contributed by atoms with Gasteiger partial charge in [-0.2, -0.15) is 0 Å². The summed E-state index contributed by atoms with van der Waals surface area (Å²) in [6, 6.07) is 0. The van der Waals surface area contributed by atoms with Gasteiger partial charge in [0, 0.05) is 11.8 Å². The summed E-state index contributed by atoms with van der Waals surface area (Å²) < 4.78 is 20.4. The van der Waals surface area contributed by atoms with Crippen LogP contribution in [-0.4, -0.2) is 59.6 Å². The zero-order valence-corrected chi connectivity index (χ0v) is 11.3. The zero-order valence-electron chi connectivity index (χ0n) is 11.3. The van der Waals surface area contributed by atoms with Crippen molar-refractivity contribution in [1.82, 2.24) is 14.5 Å². The molecule has 0 aromatic carbocycles. The van der Waals surface area contributed by atoms with E-state index in [1.807, 2.05) is 0 Å². The highest BCUT2D eigenvalue weighted by atomic mass is 19.2. The maximum absolute atomic E-state index is 14.2. The van der Waals surface area contributed by atoms with Crippen LogP contribution < -0.4 is 5.73 Å². The molecule has 0 radical (unpaired) electrons. The first-order chi connectivity index (χ1) is 10.4. The third kappa shape index (κ3) is 1.96. The van der Waals surface area contributed by atoms with Crippen molar-refractivity contribution in [2.75, 3.05) is 12.3 Å². The molecule has 0 amide bonds. The van der Waals surface area contributed by atoms with E-state index in [9.17, 15) is 19.7 Å². The van der Waals surface area contributed by atoms with Gasteiger partial charge in [0.2, 0.25) is 0 Å². The number of halogens is 1. The third-order valence-electron chi connectivity index (χ3n) is 3.75. The number of hydrogen-bond acceptors (Lipinski definition) is 8. The van der Waals surface area contributed by atoms with Crippen LogP contribution in [0.3, 0.4) is 0 Å². The van der Waals surface area contributed by atoms with Crippen molar-refractivity contribution < 1.29 is 29.6 Å². The number of ether oxygens (including phenoxy) is 1. The molecule has 6 N–H and O–H groups in total. The average molecular weight is 314 g/mol. The number of anilines is 1. The van der Waals surface area contributed by atoms with Crippen molar-refractivity contribution in [3.05, 3.63) is 18.1 Å². The Hall–Kier alpha value is -1.85. The lowest BCUT2D eigenvalue weighted by Gasteiger charge is -2.20. The number of rotatable bonds is 3. The van der Waals surface area contributed by atoms with Gasteiger partial charge >= 0.3 is 0 Å². The van der Waals surface area contributed by atoms with E-state index in [0.29, 0.717) is 10.9 Å². The van der Waals surface area contributed by atoms with Gasteiger partial charge in [-0.15, -0.1) is 0 Å². The van der Waals surface area contributed by atoms with Crippen LogP contribution in [0.4, 0.5) is 10.2 Å². The quantitative estimate of drug-likeness (QED) is 0.456. The molecule has 3 rings (SSSR count). The number of nitrogens with zero attached hydrogens (tertiary/aromatic N) is 3. The number of aromatic nitrogens is 3. The molecule has 9 nitrogen and oxygen atoms in total. The zero-order chi connectivity index (χ0) is 16.1. The number of aliphatic hydroxyl groups excluding tert-OH is 4. The first-order valence-corrected chi connectivity index (χ1v) is 6.47. The van der Waals surface area contributed by atoms with Gasteiger partial charge in [0.25, 0.3) is 5.85 Å². The van der Waals surface area contributed by atoms with Crippen molar-refractivity contribution >= 4 is 16.9 Å². The average Bonchev–Trinajstić information content (AvgIpc) is 3.00. The van der Waals surface area contributed by atoms with Crippen molar-refractivity contribution in [1.29, 1.82) is 0 Å². The molecular formula is C12H15FN4O5. The summed E-state index contributed by atoms with van der Waals surface area (Å²) in [6.45, 7) is -1.50. The van der Waals surface area contributed by atoms with Crippen LogP contribution in [-0.2, 0) is 11.3 Å². The van der Waals surface area contributed by atoms with Crippen LogP contribution >= 0.6 is 0 Å². The highest BCUT2D eigenvalue weighted by Crippen LogP contribution is 2.40. The molecule has 2 aromatic heterocycles. The first kappa shape index (κ1) is 15.1. The minimum atomic E-state index is -2.79. The summed E-state index contributed by atoms with van der Waals surface area (Å²) in [5, 5.41) is 38.5. The van der Waals surface area contributed by atoms with Crippen LogP contribution in [0.2, 0.25) is 0 Å². The van der Waals surface area contributed by atoms with E-state index in [4.69, 9.17) is 15.6 Å². The third-order valence-corrected chi connectivity index (χ3v) is 3.75. The maximum atomic E-state index is 14.2. The fourth-order valence-corrected chi connectivity index (χ4v) is 2.60. The van der Waals surface area contributed by atoms with E-state index in [2.05, 4.69) is 9.97 Å². The van der Waals surface area contributed by atoms with Crippen molar-refractivity contribution in [2.24, 2.45) is 0 Å². The molecule has 1 fully saturated rings. The largest absolute Gasteiger partial charge is 0.392 e. The Morgan fingerprint density at radius 2 is 2.09 bits per heavy atom. The van der Waals surface area contributed by atoms with Gasteiger partial charge in [-0.3, -0.25) is 0 Å². The van der Waals surface area contributed by atoms with E-state index in [-0.39, 0.29) is 18.1 Å². The van der Waals surface area contributed by atoms with Crippen molar-refractivity contribution in [2.45, 2.75) is 30.9 Å². The second-order valence-electron chi connectivity index (χ2n) is 5.07. The van der Waals surface area contributed by atoms with Crippen molar-refractivity contribution in [3.8, 4) is 0 Å². The second kappa shape index (κ2) is 5.11. The summed E-state index contributed by atoms with van der Waals surface area (Å²) in [6.07, 6.45) is -2.38. The van der Waals surface area contributed by atoms with Crippen LogP contribution in [0.15, 0.2) is 12.5 Å². The monoisotopic (exact) mass is 314 g/mol. The van der Waals surface area contributed by atoms with E-state index >= 15 is 0 Å². The van der Waals surface area contributed by atoms with Gasteiger partial charge in [-0.1, -0.05) is 0 Å². The molecule has 1 aliphatic heterocycles. The summed E-state index contributed by atoms with van der Waals surface area (Å²) >= 11 is 0. The predicted molar refractivity (Wildman–Crippen MR) is 70.9 cm³/mol. The minimum absolute atomic E-state index is 0.106. The fourth-order valence-electron chi connectivity index (χ4n) is 2.60. The number of nitrogen functional groups attached to an aromatic ring is 1. The summed E-state index contributed by atoms with van der Waals surface area (Å²) in [5.74, 6) is -2.69. The molecule has 1 aliphatic rings. The Kier molecular flexibility index (Phi) is 3.50. The van der Waals surface area contributed by atoms with Crippen LogP contribution in [0, 0.1) is 0 Å². The first-order valence-electron chi connectivity index (χ1n) is 6.47. The van der Waals surface area contributed by atoms with Gasteiger partial charge < -0.3 is 35.5 Å². The predicted octanol–water partition coefficient (Wildman–Crippen LogP) is -1.59. The molecule has 0 saturated carbocycles. The highest BCUT2D eigenvalue weighted by molar-refractivity contribution is 5.89. The van der Waals surface area contributed by atoms with Gasteiger partial charge in [0.15, 0.2) is 6.23 Å². The van der Waals surface area contributed by atoms with E-state index in [0.717, 1.165) is 0 Å². The molecule has 0 aliphatic carbocycles. The molecule has 0 spiro atoms. The lowest BCUT2D eigenvalue weighted by atomic mass is 10.1. The Balaban J connectivity index is 2.14. The summed E-state index contributed by atoms with van der Waals surface area (Å²) in [4.78, 5) is 7.80. The molecule has 2 aromatic rings. The molecule has 4 atom stereocenters. The number of hydrogen-bond donors (Lipinski definition) is 5. The number of aliphatic hydroxyl groups is 4. The summed E-state index contributed by atoms with van der Waals surface area (Å²) in [5.41, 5.74) is 6.31. The minimum Gasteiger partial charge on any atom is -0.392 e. The molecule has 0 unspecified atom stereocenters. The Morgan fingerprint density at radius 3 is 2.68 bits per heavy atom. The summed E-state index contributed by atoms with van der Waals surface area (Å²) in [7, 11) is 0. The van der Waals surface area contributed by atoms with Gasteiger partial charge in [-0.05, 0) is 0 Å². The Labute approximate surface area is 123 Å². The van der Waals surface area contributed by atoms with E-state index < -0.39 is 30.9 Å². The standard InChI is InChI=1S/C12H15FN4O5/c13-12(3-19)8(21)7(20)11(22-12)17-1-5(2-18)6-9(14)15-4-16-10(6)17/h1,4,7-8,11,18-21H,2-3H2,(H2,14,15,16)/t7-,8+,11-,12-/m1/s1. The normalized spacial score (nSPS) is 32.0. The van der Waals surface area contributed by atoms with E-state index in [1.54, 1.807) is 0 Å². The molecule has 1 saturated heterocycles. The molecule has 10 heteroatoms. The van der Waals surface area contributed by atoms with Crippen molar-refractivity contribution in [3.63, 3.8) is 0 Å². The van der Waals surface area contributed by atoms with Gasteiger partial charge in [0.1, 0.15) is 36.6 Å². The lowest BCUT2D eigenvalue weighted by Crippen LogP contribution is -2.42. The van der Waals surface area contributed by atoms with Crippen LogP contribution in [0.1, 0.15) is 11.8 Å². The number of fused-ring (bicyclic) bond motifs is 1. The molecule has 22 heavy (non-hydrogen) atoms. The number of nitrogens with two attached hydrogens (primary N) is 1.